The standard InChI is InChI=1S/C22H25N5O2/c1-16-10-19(26-22(25-16)27(2)3)14-24-21(28)12-17-6-4-8-20(11-17)29-15-18-7-5-9-23-13-18/h4-11,13H,12,14-15H2,1-3H3,(H,24,28). The van der Waals surface area contributed by atoms with Gasteiger partial charge in [0.2, 0.25) is 11.9 Å². The zero-order valence-electron chi connectivity index (χ0n) is 16.9. The minimum absolute atomic E-state index is 0.0722. The van der Waals surface area contributed by atoms with Crippen LogP contribution in [0.1, 0.15) is 22.5 Å². The molecule has 0 saturated carbocycles. The number of pyridine rings is 1. The molecule has 29 heavy (non-hydrogen) atoms. The summed E-state index contributed by atoms with van der Waals surface area (Å²) in [6.45, 7) is 2.71. The van der Waals surface area contributed by atoms with E-state index in [2.05, 4.69) is 20.3 Å². The highest BCUT2D eigenvalue weighted by Gasteiger charge is 2.08. The number of rotatable bonds is 8. The number of hydrogen-bond donors (Lipinski definition) is 1. The topological polar surface area (TPSA) is 80.2 Å². The number of nitrogens with zero attached hydrogens (tertiary/aromatic N) is 4. The van der Waals surface area contributed by atoms with E-state index in [1.807, 2.05) is 68.4 Å². The summed E-state index contributed by atoms with van der Waals surface area (Å²) in [5, 5.41) is 2.92. The third-order valence-corrected chi connectivity index (χ3v) is 4.15. The molecule has 0 radical (unpaired) electrons. The number of aryl methyl sites for hydroxylation is 1. The smallest absolute Gasteiger partial charge is 0.225 e. The van der Waals surface area contributed by atoms with Gasteiger partial charge in [0.25, 0.3) is 0 Å². The van der Waals surface area contributed by atoms with Crippen molar-refractivity contribution >= 4 is 11.9 Å². The Morgan fingerprint density at radius 2 is 1.93 bits per heavy atom. The fourth-order valence-corrected chi connectivity index (χ4v) is 2.74. The van der Waals surface area contributed by atoms with Gasteiger partial charge < -0.3 is 15.0 Å². The molecule has 150 valence electrons. The van der Waals surface area contributed by atoms with Gasteiger partial charge in [0, 0.05) is 37.7 Å². The van der Waals surface area contributed by atoms with Crippen LogP contribution in [0.15, 0.2) is 54.9 Å². The number of carbonyl (C=O) groups excluding carboxylic acids is 1. The Kier molecular flexibility index (Phi) is 6.73. The fraction of sp³-hybridized carbons (Fsp3) is 0.273. The van der Waals surface area contributed by atoms with Crippen molar-refractivity contribution in [3.63, 3.8) is 0 Å². The SMILES string of the molecule is Cc1cc(CNC(=O)Cc2cccc(OCc3cccnc3)c2)nc(N(C)C)n1. The van der Waals surface area contributed by atoms with Crippen molar-refractivity contribution in [3.05, 3.63) is 77.4 Å². The molecule has 0 aliphatic heterocycles. The van der Waals surface area contributed by atoms with E-state index in [4.69, 9.17) is 4.74 Å². The third kappa shape index (κ3) is 6.27. The molecular formula is C22H25N5O2. The molecule has 0 spiro atoms. The molecule has 1 aromatic carbocycles. The summed E-state index contributed by atoms with van der Waals surface area (Å²) in [4.78, 5) is 27.1. The van der Waals surface area contributed by atoms with Gasteiger partial charge in [-0.05, 0) is 36.8 Å². The summed E-state index contributed by atoms with van der Waals surface area (Å²) in [5.74, 6) is 1.28. The summed E-state index contributed by atoms with van der Waals surface area (Å²) in [5.41, 5.74) is 3.53. The highest BCUT2D eigenvalue weighted by atomic mass is 16.5. The predicted octanol–water partition coefficient (Wildman–Crippen LogP) is 2.68. The molecular weight excluding hydrogens is 366 g/mol. The maximum Gasteiger partial charge on any atom is 0.225 e. The minimum atomic E-state index is -0.0722. The molecule has 1 amide bonds. The van der Waals surface area contributed by atoms with E-state index in [0.717, 1.165) is 28.3 Å². The maximum absolute atomic E-state index is 12.4. The molecule has 0 aliphatic carbocycles. The monoisotopic (exact) mass is 391 g/mol. The molecule has 0 saturated heterocycles. The largest absolute Gasteiger partial charge is 0.489 e. The molecule has 3 aromatic rings. The van der Waals surface area contributed by atoms with E-state index in [-0.39, 0.29) is 12.3 Å². The van der Waals surface area contributed by atoms with Crippen LogP contribution in [0.4, 0.5) is 5.95 Å². The predicted molar refractivity (Wildman–Crippen MR) is 112 cm³/mol. The van der Waals surface area contributed by atoms with Crippen LogP contribution in [0.2, 0.25) is 0 Å². The number of aromatic nitrogens is 3. The quantitative estimate of drug-likeness (QED) is 0.636. The Labute approximate surface area is 170 Å². The van der Waals surface area contributed by atoms with Gasteiger partial charge in [0.05, 0.1) is 18.7 Å². The fourth-order valence-electron chi connectivity index (χ4n) is 2.74. The second-order valence-corrected chi connectivity index (χ2v) is 6.95. The molecule has 0 atom stereocenters. The Hall–Kier alpha value is -3.48. The van der Waals surface area contributed by atoms with E-state index in [9.17, 15) is 4.79 Å². The van der Waals surface area contributed by atoms with Crippen LogP contribution < -0.4 is 15.0 Å². The van der Waals surface area contributed by atoms with Gasteiger partial charge in [-0.2, -0.15) is 0 Å². The van der Waals surface area contributed by atoms with Crippen LogP contribution in [-0.2, 0) is 24.4 Å². The zero-order chi connectivity index (χ0) is 20.6. The van der Waals surface area contributed by atoms with Crippen molar-refractivity contribution in [2.45, 2.75) is 26.5 Å². The zero-order valence-corrected chi connectivity index (χ0v) is 16.9. The molecule has 2 heterocycles. The van der Waals surface area contributed by atoms with Crippen LogP contribution in [0.3, 0.4) is 0 Å². The van der Waals surface area contributed by atoms with E-state index in [0.29, 0.717) is 19.1 Å². The second-order valence-electron chi connectivity index (χ2n) is 6.95. The van der Waals surface area contributed by atoms with Crippen molar-refractivity contribution in [1.82, 2.24) is 20.3 Å². The molecule has 0 fully saturated rings. The van der Waals surface area contributed by atoms with Crippen LogP contribution in [0.25, 0.3) is 0 Å². The number of ether oxygens (including phenoxy) is 1. The van der Waals surface area contributed by atoms with Crippen molar-refractivity contribution in [2.24, 2.45) is 0 Å². The number of benzene rings is 1. The lowest BCUT2D eigenvalue weighted by atomic mass is 10.1. The van der Waals surface area contributed by atoms with Gasteiger partial charge in [-0.1, -0.05) is 18.2 Å². The lowest BCUT2D eigenvalue weighted by molar-refractivity contribution is -0.120. The van der Waals surface area contributed by atoms with E-state index >= 15 is 0 Å². The number of carbonyl (C=O) groups is 1. The van der Waals surface area contributed by atoms with Crippen molar-refractivity contribution in [2.75, 3.05) is 19.0 Å². The summed E-state index contributed by atoms with van der Waals surface area (Å²) in [7, 11) is 3.78. The summed E-state index contributed by atoms with van der Waals surface area (Å²) >= 11 is 0. The summed E-state index contributed by atoms with van der Waals surface area (Å²) in [6, 6.07) is 13.3. The van der Waals surface area contributed by atoms with Gasteiger partial charge in [-0.3, -0.25) is 9.78 Å². The summed E-state index contributed by atoms with van der Waals surface area (Å²) < 4.78 is 5.80. The molecule has 3 rings (SSSR count). The van der Waals surface area contributed by atoms with Crippen molar-refractivity contribution in [3.8, 4) is 5.75 Å². The Balaban J connectivity index is 1.54. The molecule has 1 N–H and O–H groups in total. The average Bonchev–Trinajstić information content (AvgIpc) is 2.71. The normalized spacial score (nSPS) is 10.4. The van der Waals surface area contributed by atoms with Crippen LogP contribution in [0.5, 0.6) is 5.75 Å². The molecule has 7 nitrogen and oxygen atoms in total. The van der Waals surface area contributed by atoms with Gasteiger partial charge >= 0.3 is 0 Å². The summed E-state index contributed by atoms with van der Waals surface area (Å²) in [6.07, 6.45) is 3.77. The lowest BCUT2D eigenvalue weighted by Gasteiger charge is -2.13. The van der Waals surface area contributed by atoms with E-state index in [1.54, 1.807) is 12.4 Å². The van der Waals surface area contributed by atoms with Gasteiger partial charge in [-0.15, -0.1) is 0 Å². The first-order valence-corrected chi connectivity index (χ1v) is 9.39. The van der Waals surface area contributed by atoms with Crippen molar-refractivity contribution in [1.29, 1.82) is 0 Å². The molecule has 0 aliphatic rings. The first kappa shape index (κ1) is 20.3. The lowest BCUT2D eigenvalue weighted by Crippen LogP contribution is -2.25. The van der Waals surface area contributed by atoms with Gasteiger partial charge in [0.15, 0.2) is 0 Å². The van der Waals surface area contributed by atoms with Gasteiger partial charge in [0.1, 0.15) is 12.4 Å². The Morgan fingerprint density at radius 1 is 1.10 bits per heavy atom. The number of amides is 1. The molecule has 2 aromatic heterocycles. The van der Waals surface area contributed by atoms with Crippen LogP contribution in [0, 0.1) is 6.92 Å². The number of hydrogen-bond acceptors (Lipinski definition) is 6. The maximum atomic E-state index is 12.4. The van der Waals surface area contributed by atoms with E-state index in [1.165, 1.54) is 0 Å². The number of nitrogens with one attached hydrogen (secondary N) is 1. The third-order valence-electron chi connectivity index (χ3n) is 4.15. The second kappa shape index (κ2) is 9.64. The average molecular weight is 391 g/mol. The van der Waals surface area contributed by atoms with Gasteiger partial charge in [-0.25, -0.2) is 9.97 Å². The van der Waals surface area contributed by atoms with E-state index < -0.39 is 0 Å². The molecule has 0 unspecified atom stereocenters. The Morgan fingerprint density at radius 3 is 2.69 bits per heavy atom. The highest BCUT2D eigenvalue weighted by molar-refractivity contribution is 5.78. The first-order chi connectivity index (χ1) is 14.0. The van der Waals surface area contributed by atoms with Crippen molar-refractivity contribution < 1.29 is 9.53 Å². The molecule has 0 bridgehead atoms. The highest BCUT2D eigenvalue weighted by Crippen LogP contribution is 2.15. The number of anilines is 1. The first-order valence-electron chi connectivity index (χ1n) is 9.39. The van der Waals surface area contributed by atoms with Crippen LogP contribution in [-0.4, -0.2) is 35.0 Å². The molecule has 7 heteroatoms. The van der Waals surface area contributed by atoms with Crippen LogP contribution >= 0.6 is 0 Å². The Bertz CT molecular complexity index is 960. The minimum Gasteiger partial charge on any atom is -0.489 e.